The molecule has 1 heterocycles. The molecule has 0 amide bonds. The van der Waals surface area contributed by atoms with Crippen LogP contribution in [0.3, 0.4) is 0 Å². The molecule has 3 aromatic rings. The van der Waals surface area contributed by atoms with Crippen molar-refractivity contribution in [3.05, 3.63) is 61.1 Å². The Kier molecular flexibility index (Phi) is 5.95. The predicted molar refractivity (Wildman–Crippen MR) is 112 cm³/mol. The van der Waals surface area contributed by atoms with E-state index >= 15 is 0 Å². The Morgan fingerprint density at radius 3 is 2.73 bits per heavy atom. The van der Waals surface area contributed by atoms with Gasteiger partial charge in [-0.15, -0.1) is 11.3 Å². The maximum Gasteiger partial charge on any atom is 0.205 e. The second kappa shape index (κ2) is 8.20. The second-order valence-electron chi connectivity index (χ2n) is 5.25. The van der Waals surface area contributed by atoms with Crippen LogP contribution in [0.25, 0.3) is 11.3 Å². The highest BCUT2D eigenvalue weighted by molar-refractivity contribution is 9.10. The van der Waals surface area contributed by atoms with Gasteiger partial charge in [0.1, 0.15) is 0 Å². The Morgan fingerprint density at radius 2 is 2.04 bits per heavy atom. The van der Waals surface area contributed by atoms with E-state index in [-0.39, 0.29) is 5.75 Å². The number of hydrogen-bond acceptors (Lipinski definition) is 5. The van der Waals surface area contributed by atoms with E-state index in [1.807, 2.05) is 29.6 Å². The summed E-state index contributed by atoms with van der Waals surface area (Å²) in [6.07, 6.45) is 1.70. The highest BCUT2D eigenvalue weighted by atomic mass is 79.9. The van der Waals surface area contributed by atoms with Gasteiger partial charge < -0.3 is 9.84 Å². The third-order valence-corrected chi connectivity index (χ3v) is 5.60. The minimum atomic E-state index is 0.0620. The highest BCUT2D eigenvalue weighted by Crippen LogP contribution is 2.34. The predicted octanol–water partition coefficient (Wildman–Crippen LogP) is 4.87. The lowest BCUT2D eigenvalue weighted by atomic mass is 10.2. The normalized spacial score (nSPS) is 12.1. The zero-order valence-electron chi connectivity index (χ0n) is 14.0. The monoisotopic (exact) mass is 495 g/mol. The number of thiazole rings is 1. The Labute approximate surface area is 171 Å². The van der Waals surface area contributed by atoms with Gasteiger partial charge >= 0.3 is 0 Å². The van der Waals surface area contributed by atoms with Crippen LogP contribution in [-0.2, 0) is 0 Å². The summed E-state index contributed by atoms with van der Waals surface area (Å²) in [6, 6.07) is 11.5. The van der Waals surface area contributed by atoms with Crippen LogP contribution in [0.4, 0.5) is 0 Å². The molecular formula is C18H15Br2N3O2S. The van der Waals surface area contributed by atoms with E-state index in [0.29, 0.717) is 10.2 Å². The first-order chi connectivity index (χ1) is 12.5. The van der Waals surface area contributed by atoms with E-state index in [9.17, 15) is 5.11 Å². The molecule has 0 aliphatic rings. The van der Waals surface area contributed by atoms with Crippen LogP contribution in [0.5, 0.6) is 11.5 Å². The first-order valence-electron chi connectivity index (χ1n) is 7.53. The Hall–Kier alpha value is -1.90. The zero-order valence-corrected chi connectivity index (χ0v) is 18.0. The number of nitrogens with zero attached hydrogens (tertiary/aromatic N) is 3. The van der Waals surface area contributed by atoms with Crippen molar-refractivity contribution in [2.75, 3.05) is 14.2 Å². The molecule has 5 nitrogen and oxygen atoms in total. The fraction of sp³-hybridized carbons (Fsp3) is 0.111. The SMILES string of the molecule is CN=c1scc(-c2cccc(Br)c2)n1/N=C/c1cc(Br)c(O)c(OC)c1. The van der Waals surface area contributed by atoms with Gasteiger partial charge in [-0.25, -0.2) is 4.68 Å². The molecule has 0 spiro atoms. The average molecular weight is 497 g/mol. The van der Waals surface area contributed by atoms with Crippen LogP contribution in [-0.4, -0.2) is 30.2 Å². The van der Waals surface area contributed by atoms with E-state index in [0.717, 1.165) is 26.1 Å². The van der Waals surface area contributed by atoms with Crippen LogP contribution in [0, 0.1) is 0 Å². The quantitative estimate of drug-likeness (QED) is 0.524. The number of rotatable bonds is 4. The van der Waals surface area contributed by atoms with Gasteiger partial charge in [0.25, 0.3) is 0 Å². The topological polar surface area (TPSA) is 59.1 Å². The maximum absolute atomic E-state index is 9.94. The lowest BCUT2D eigenvalue weighted by molar-refractivity contribution is 0.372. The van der Waals surface area contributed by atoms with Crippen molar-refractivity contribution in [3.8, 4) is 22.8 Å². The van der Waals surface area contributed by atoms with Crippen molar-refractivity contribution in [1.29, 1.82) is 0 Å². The smallest absolute Gasteiger partial charge is 0.205 e. The summed E-state index contributed by atoms with van der Waals surface area (Å²) in [5, 5.41) is 16.6. The molecule has 0 aliphatic carbocycles. The van der Waals surface area contributed by atoms with E-state index in [2.05, 4.69) is 42.0 Å². The van der Waals surface area contributed by atoms with Gasteiger partial charge in [-0.1, -0.05) is 28.1 Å². The van der Waals surface area contributed by atoms with Crippen molar-refractivity contribution in [1.82, 2.24) is 4.68 Å². The molecule has 0 saturated carbocycles. The summed E-state index contributed by atoms with van der Waals surface area (Å²) in [5.74, 6) is 0.440. The van der Waals surface area contributed by atoms with Crippen LogP contribution < -0.4 is 9.54 Å². The van der Waals surface area contributed by atoms with Crippen molar-refractivity contribution in [2.45, 2.75) is 0 Å². The minimum Gasteiger partial charge on any atom is -0.503 e. The summed E-state index contributed by atoms with van der Waals surface area (Å²) in [5.41, 5.74) is 2.76. The first-order valence-corrected chi connectivity index (χ1v) is 10.00. The number of hydrogen-bond donors (Lipinski definition) is 1. The number of aromatic nitrogens is 1. The maximum atomic E-state index is 9.94. The van der Waals surface area contributed by atoms with Crippen molar-refractivity contribution >= 4 is 49.4 Å². The van der Waals surface area contributed by atoms with Crippen molar-refractivity contribution in [3.63, 3.8) is 0 Å². The summed E-state index contributed by atoms with van der Waals surface area (Å²) in [4.78, 5) is 5.08. The Bertz CT molecular complexity index is 1040. The van der Waals surface area contributed by atoms with E-state index < -0.39 is 0 Å². The molecule has 1 aromatic heterocycles. The van der Waals surface area contributed by atoms with E-state index in [1.54, 1.807) is 30.1 Å². The summed E-state index contributed by atoms with van der Waals surface area (Å²) >= 11 is 8.35. The van der Waals surface area contributed by atoms with Crippen LogP contribution in [0.15, 0.2) is 60.8 Å². The van der Waals surface area contributed by atoms with Crippen molar-refractivity contribution in [2.24, 2.45) is 10.1 Å². The number of methoxy groups -OCH3 is 1. The van der Waals surface area contributed by atoms with E-state index in [4.69, 9.17) is 4.74 Å². The van der Waals surface area contributed by atoms with Gasteiger partial charge in [-0.05, 0) is 45.8 Å². The number of halogens is 2. The fourth-order valence-electron chi connectivity index (χ4n) is 2.36. The molecule has 0 unspecified atom stereocenters. The first kappa shape index (κ1) is 18.9. The Balaban J connectivity index is 2.07. The van der Waals surface area contributed by atoms with Gasteiger partial charge in [0.2, 0.25) is 4.80 Å². The molecule has 2 aromatic carbocycles. The van der Waals surface area contributed by atoms with Crippen LogP contribution in [0.1, 0.15) is 5.56 Å². The van der Waals surface area contributed by atoms with Crippen LogP contribution in [0.2, 0.25) is 0 Å². The molecule has 0 saturated heterocycles. The second-order valence-corrected chi connectivity index (χ2v) is 7.85. The van der Waals surface area contributed by atoms with Gasteiger partial charge in [0.05, 0.1) is 23.5 Å². The molecule has 3 rings (SSSR count). The molecule has 0 fully saturated rings. The van der Waals surface area contributed by atoms with Gasteiger partial charge in [-0.2, -0.15) is 5.10 Å². The summed E-state index contributed by atoms with van der Waals surface area (Å²) < 4.78 is 8.52. The standard InChI is InChI=1S/C18H15Br2N3O2S/c1-21-18-23(15(10-26-18)12-4-3-5-13(19)8-12)22-9-11-6-14(20)17(24)16(7-11)25-2/h3-10,24H,1-2H3/b21-18?,22-9+. The molecule has 0 aliphatic heterocycles. The van der Waals surface area contributed by atoms with Crippen LogP contribution >= 0.6 is 43.2 Å². The number of phenolic OH excluding ortho intramolecular Hbond substituents is 1. The van der Waals surface area contributed by atoms with Gasteiger partial charge in [0.15, 0.2) is 11.5 Å². The number of benzene rings is 2. The van der Waals surface area contributed by atoms with Gasteiger partial charge in [-0.3, -0.25) is 4.99 Å². The number of ether oxygens (including phenoxy) is 1. The number of phenols is 1. The molecule has 0 atom stereocenters. The van der Waals surface area contributed by atoms with E-state index in [1.165, 1.54) is 18.4 Å². The summed E-state index contributed by atoms with van der Waals surface area (Å²) in [6.45, 7) is 0. The molecule has 26 heavy (non-hydrogen) atoms. The largest absolute Gasteiger partial charge is 0.503 e. The summed E-state index contributed by atoms with van der Waals surface area (Å²) in [7, 11) is 3.25. The average Bonchev–Trinajstić information content (AvgIpc) is 3.05. The fourth-order valence-corrected chi connectivity index (χ4v) is 4.02. The molecular weight excluding hydrogens is 482 g/mol. The minimum absolute atomic E-state index is 0.0620. The van der Waals surface area contributed by atoms with Gasteiger partial charge in [0, 0.05) is 22.5 Å². The number of aromatic hydroxyl groups is 1. The third-order valence-electron chi connectivity index (χ3n) is 3.59. The zero-order chi connectivity index (χ0) is 18.7. The third kappa shape index (κ3) is 3.92. The molecule has 134 valence electrons. The molecule has 1 N–H and O–H groups in total. The highest BCUT2D eigenvalue weighted by Gasteiger charge is 2.09. The molecule has 8 heteroatoms. The van der Waals surface area contributed by atoms with Crippen molar-refractivity contribution < 1.29 is 9.84 Å². The molecule has 0 radical (unpaired) electrons. The molecule has 0 bridgehead atoms. The lowest BCUT2D eigenvalue weighted by Gasteiger charge is -2.07. The lowest BCUT2D eigenvalue weighted by Crippen LogP contribution is -2.11. The Morgan fingerprint density at radius 1 is 1.23 bits per heavy atom.